The third kappa shape index (κ3) is 5.46. The second kappa shape index (κ2) is 12.0. The summed E-state index contributed by atoms with van der Waals surface area (Å²) in [6.45, 7) is 4.19. The van der Waals surface area contributed by atoms with Crippen molar-refractivity contribution in [1.29, 1.82) is 0 Å². The minimum Gasteiger partial charge on any atom is -0.492 e. The molecule has 5 aromatic carbocycles. The Labute approximate surface area is 236 Å². The second-order valence-electron chi connectivity index (χ2n) is 10.4. The van der Waals surface area contributed by atoms with Gasteiger partial charge in [-0.25, -0.2) is 0 Å². The van der Waals surface area contributed by atoms with Gasteiger partial charge < -0.3 is 14.6 Å². The molecular formula is C36H35NO3. The minimum absolute atomic E-state index is 0.488. The molecule has 1 fully saturated rings. The maximum Gasteiger partial charge on any atom is 0.144 e. The molecule has 1 saturated heterocycles. The highest BCUT2D eigenvalue weighted by atomic mass is 16.5. The molecule has 5 aromatic rings. The minimum atomic E-state index is -1.44. The molecule has 40 heavy (non-hydrogen) atoms. The Hall–Kier alpha value is -4.12. The van der Waals surface area contributed by atoms with Crippen LogP contribution >= 0.6 is 0 Å². The second-order valence-corrected chi connectivity index (χ2v) is 10.4. The predicted octanol–water partition coefficient (Wildman–Crippen LogP) is 7.18. The van der Waals surface area contributed by atoms with Crippen LogP contribution < -0.4 is 9.47 Å². The van der Waals surface area contributed by atoms with Crippen molar-refractivity contribution in [3.63, 3.8) is 0 Å². The van der Waals surface area contributed by atoms with Crippen molar-refractivity contribution in [1.82, 2.24) is 4.90 Å². The lowest BCUT2D eigenvalue weighted by atomic mass is 9.78. The number of benzene rings is 5. The van der Waals surface area contributed by atoms with Crippen LogP contribution in [-0.2, 0) is 12.2 Å². The third-order valence-corrected chi connectivity index (χ3v) is 7.83. The van der Waals surface area contributed by atoms with Gasteiger partial charge in [0.05, 0.1) is 0 Å². The zero-order valence-electron chi connectivity index (χ0n) is 22.7. The number of fused-ring (bicyclic) bond motifs is 1. The maximum atomic E-state index is 12.9. The van der Waals surface area contributed by atoms with Gasteiger partial charge >= 0.3 is 0 Å². The molecule has 0 spiro atoms. The summed E-state index contributed by atoms with van der Waals surface area (Å²) in [6, 6.07) is 40.1. The Morgan fingerprint density at radius 2 is 1.30 bits per heavy atom. The first-order chi connectivity index (χ1) is 19.7. The van der Waals surface area contributed by atoms with Crippen molar-refractivity contribution in [2.24, 2.45) is 0 Å². The van der Waals surface area contributed by atoms with Crippen LogP contribution in [-0.4, -0.2) is 36.2 Å². The molecule has 0 saturated carbocycles. The number of likely N-dealkylation sites (tertiary alicyclic amines) is 1. The van der Waals surface area contributed by atoms with Gasteiger partial charge in [0, 0.05) is 12.1 Å². The van der Waals surface area contributed by atoms with Gasteiger partial charge in [-0.1, -0.05) is 103 Å². The van der Waals surface area contributed by atoms with Crippen LogP contribution in [0.1, 0.15) is 35.1 Å². The molecule has 0 bridgehead atoms. The highest BCUT2D eigenvalue weighted by Crippen LogP contribution is 2.45. The van der Waals surface area contributed by atoms with E-state index in [4.69, 9.17) is 9.47 Å². The van der Waals surface area contributed by atoms with E-state index in [1.54, 1.807) is 0 Å². The number of ether oxygens (including phenoxy) is 2. The molecule has 202 valence electrons. The summed E-state index contributed by atoms with van der Waals surface area (Å²) in [7, 11) is 0. The van der Waals surface area contributed by atoms with Gasteiger partial charge in [-0.3, -0.25) is 4.90 Å². The van der Waals surface area contributed by atoms with Crippen molar-refractivity contribution in [2.75, 3.05) is 26.2 Å². The SMILES string of the molecule is OC(c1ccccc1)(c1ccc(OCc2ccccc2)cc1)c1c(OCCN2CCCC2)ccc2ccccc12. The average Bonchev–Trinajstić information content (AvgIpc) is 3.54. The molecule has 1 heterocycles. The van der Waals surface area contributed by atoms with Crippen LogP contribution in [0.5, 0.6) is 11.5 Å². The molecule has 4 heteroatoms. The first kappa shape index (κ1) is 26.1. The van der Waals surface area contributed by atoms with Crippen LogP contribution in [0.25, 0.3) is 10.8 Å². The largest absolute Gasteiger partial charge is 0.492 e. The van der Waals surface area contributed by atoms with Gasteiger partial charge in [-0.2, -0.15) is 0 Å². The van der Waals surface area contributed by atoms with E-state index in [0.29, 0.717) is 19.0 Å². The molecule has 4 nitrogen and oxygen atoms in total. The summed E-state index contributed by atoms with van der Waals surface area (Å²) >= 11 is 0. The van der Waals surface area contributed by atoms with Gasteiger partial charge in [-0.15, -0.1) is 0 Å². The fourth-order valence-electron chi connectivity index (χ4n) is 5.70. The van der Waals surface area contributed by atoms with Crippen molar-refractivity contribution < 1.29 is 14.6 Å². The first-order valence-electron chi connectivity index (χ1n) is 14.1. The lowest BCUT2D eigenvalue weighted by Crippen LogP contribution is -2.31. The fourth-order valence-corrected chi connectivity index (χ4v) is 5.70. The zero-order valence-corrected chi connectivity index (χ0v) is 22.7. The van der Waals surface area contributed by atoms with E-state index in [1.165, 1.54) is 12.8 Å². The Morgan fingerprint density at radius 3 is 2.05 bits per heavy atom. The van der Waals surface area contributed by atoms with Crippen molar-refractivity contribution in [3.8, 4) is 11.5 Å². The summed E-state index contributed by atoms with van der Waals surface area (Å²) in [5.74, 6) is 1.46. The lowest BCUT2D eigenvalue weighted by molar-refractivity contribution is 0.121. The fraction of sp³-hybridized carbons (Fsp3) is 0.222. The molecule has 0 aliphatic carbocycles. The standard InChI is InChI=1S/C36H35NO3/c38-36(30-14-5-2-6-15-30,31-18-20-32(21-19-31)40-27-28-11-3-1-4-12-28)35-33-16-8-7-13-29(33)17-22-34(35)39-26-25-37-23-9-10-24-37/h1-8,11-22,38H,9-10,23-27H2. The molecule has 1 N–H and O–H groups in total. The number of aliphatic hydroxyl groups is 1. The van der Waals surface area contributed by atoms with Crippen LogP contribution in [0.4, 0.5) is 0 Å². The molecule has 6 rings (SSSR count). The van der Waals surface area contributed by atoms with E-state index in [9.17, 15) is 5.11 Å². The zero-order chi connectivity index (χ0) is 27.2. The highest BCUT2D eigenvalue weighted by Gasteiger charge is 2.38. The van der Waals surface area contributed by atoms with Gasteiger partial charge in [0.1, 0.15) is 30.3 Å². The Kier molecular flexibility index (Phi) is 7.80. The van der Waals surface area contributed by atoms with Gasteiger partial charge in [0.15, 0.2) is 0 Å². The van der Waals surface area contributed by atoms with Gasteiger partial charge in [-0.05, 0) is 71.6 Å². The predicted molar refractivity (Wildman–Crippen MR) is 161 cm³/mol. The van der Waals surface area contributed by atoms with E-state index in [-0.39, 0.29) is 0 Å². The normalized spacial score (nSPS) is 15.1. The molecule has 1 atom stereocenters. The Bertz CT molecular complexity index is 1530. The number of rotatable bonds is 10. The van der Waals surface area contributed by atoms with E-state index < -0.39 is 5.60 Å². The molecule has 1 aliphatic rings. The molecular weight excluding hydrogens is 494 g/mol. The maximum absolute atomic E-state index is 12.9. The summed E-state index contributed by atoms with van der Waals surface area (Å²) < 4.78 is 12.5. The molecule has 1 aliphatic heterocycles. The highest BCUT2D eigenvalue weighted by molar-refractivity contribution is 5.90. The van der Waals surface area contributed by atoms with E-state index in [1.807, 2.05) is 103 Å². The molecule has 0 radical (unpaired) electrons. The molecule has 0 aromatic heterocycles. The van der Waals surface area contributed by atoms with E-state index in [2.05, 4.69) is 23.1 Å². The van der Waals surface area contributed by atoms with Crippen LogP contribution in [0.2, 0.25) is 0 Å². The monoisotopic (exact) mass is 529 g/mol. The lowest BCUT2D eigenvalue weighted by Gasteiger charge is -2.33. The van der Waals surface area contributed by atoms with Gasteiger partial charge in [0.2, 0.25) is 0 Å². The average molecular weight is 530 g/mol. The topological polar surface area (TPSA) is 41.9 Å². The summed E-state index contributed by atoms with van der Waals surface area (Å²) in [5.41, 5.74) is 1.97. The molecule has 0 amide bonds. The molecule has 1 unspecified atom stereocenters. The summed E-state index contributed by atoms with van der Waals surface area (Å²) in [5, 5.41) is 14.9. The van der Waals surface area contributed by atoms with Crippen LogP contribution in [0, 0.1) is 0 Å². The third-order valence-electron chi connectivity index (χ3n) is 7.83. The number of hydrogen-bond acceptors (Lipinski definition) is 4. The summed E-state index contributed by atoms with van der Waals surface area (Å²) in [4.78, 5) is 2.44. The van der Waals surface area contributed by atoms with Crippen molar-refractivity contribution in [3.05, 3.63) is 144 Å². The summed E-state index contributed by atoms with van der Waals surface area (Å²) in [6.07, 6.45) is 2.50. The first-order valence-corrected chi connectivity index (χ1v) is 14.1. The smallest absolute Gasteiger partial charge is 0.144 e. The van der Waals surface area contributed by atoms with Gasteiger partial charge in [0.25, 0.3) is 0 Å². The van der Waals surface area contributed by atoms with Crippen molar-refractivity contribution in [2.45, 2.75) is 25.0 Å². The van der Waals surface area contributed by atoms with E-state index >= 15 is 0 Å². The quantitative estimate of drug-likeness (QED) is 0.195. The van der Waals surface area contributed by atoms with E-state index in [0.717, 1.165) is 58.4 Å². The van der Waals surface area contributed by atoms with Crippen LogP contribution in [0.3, 0.4) is 0 Å². The van der Waals surface area contributed by atoms with Crippen LogP contribution in [0.15, 0.2) is 121 Å². The van der Waals surface area contributed by atoms with Crippen molar-refractivity contribution >= 4 is 10.8 Å². The Balaban J connectivity index is 1.40. The number of hydrogen-bond donors (Lipinski definition) is 1. The Morgan fingerprint density at radius 1 is 0.650 bits per heavy atom. The number of nitrogens with zero attached hydrogens (tertiary/aromatic N) is 1.